The molecule has 0 unspecified atom stereocenters. The molecule has 0 radical (unpaired) electrons. The summed E-state index contributed by atoms with van der Waals surface area (Å²) in [4.78, 5) is 4.54. The number of rotatable bonds is 9. The van der Waals surface area contributed by atoms with E-state index in [4.69, 9.17) is 9.47 Å². The van der Waals surface area contributed by atoms with Crippen LogP contribution in [0.4, 0.5) is 20.3 Å². The molecule has 2 aromatic carbocycles. The van der Waals surface area contributed by atoms with E-state index in [0.29, 0.717) is 22.6 Å². The third-order valence-corrected chi connectivity index (χ3v) is 5.17. The molecular formula is C20H20F2N2O4S. The van der Waals surface area contributed by atoms with E-state index in [9.17, 15) is 17.2 Å². The van der Waals surface area contributed by atoms with E-state index in [1.165, 1.54) is 12.1 Å². The summed E-state index contributed by atoms with van der Waals surface area (Å²) in [6.45, 7) is -1.63. The molecule has 6 nitrogen and oxygen atoms in total. The molecule has 0 aliphatic heterocycles. The lowest BCUT2D eigenvalue weighted by molar-refractivity contribution is 0.235. The second kappa shape index (κ2) is 9.04. The van der Waals surface area contributed by atoms with Crippen LogP contribution in [0.25, 0.3) is 10.8 Å². The van der Waals surface area contributed by atoms with Gasteiger partial charge in [-0.25, -0.2) is 22.2 Å². The maximum atomic E-state index is 12.6. The van der Waals surface area contributed by atoms with Crippen molar-refractivity contribution in [1.82, 2.24) is 4.98 Å². The Balaban J connectivity index is 1.97. The molecule has 1 heterocycles. The van der Waals surface area contributed by atoms with Crippen LogP contribution < -0.4 is 14.8 Å². The van der Waals surface area contributed by atoms with Crippen molar-refractivity contribution in [2.45, 2.75) is 4.90 Å². The highest BCUT2D eigenvalue weighted by Gasteiger charge is 2.12. The van der Waals surface area contributed by atoms with Crippen LogP contribution >= 0.6 is 0 Å². The van der Waals surface area contributed by atoms with Gasteiger partial charge in [0, 0.05) is 23.5 Å². The van der Waals surface area contributed by atoms with E-state index < -0.39 is 23.2 Å². The Kier molecular flexibility index (Phi) is 6.48. The van der Waals surface area contributed by atoms with E-state index in [-0.39, 0.29) is 23.9 Å². The van der Waals surface area contributed by atoms with Gasteiger partial charge in [0.25, 0.3) is 0 Å². The molecule has 9 heteroatoms. The first-order chi connectivity index (χ1) is 13.9. The zero-order valence-electron chi connectivity index (χ0n) is 15.7. The molecule has 0 saturated carbocycles. The summed E-state index contributed by atoms with van der Waals surface area (Å²) in [7, 11) is -3.29. The maximum Gasteiger partial charge on any atom is 0.175 e. The lowest BCUT2D eigenvalue weighted by Gasteiger charge is -2.15. The van der Waals surface area contributed by atoms with Crippen molar-refractivity contribution in [3.63, 3.8) is 0 Å². The average Bonchev–Trinajstić information content (AvgIpc) is 2.70. The minimum absolute atomic E-state index is 0.139. The van der Waals surface area contributed by atoms with Gasteiger partial charge in [0.05, 0.1) is 4.90 Å². The minimum atomic E-state index is -3.29. The third-order valence-electron chi connectivity index (χ3n) is 4.04. The van der Waals surface area contributed by atoms with Crippen LogP contribution in [0, 0.1) is 0 Å². The Hall–Kier alpha value is -2.94. The number of aromatic nitrogens is 1. The molecule has 0 spiro atoms. The quantitative estimate of drug-likeness (QED) is 0.560. The topological polar surface area (TPSA) is 77.5 Å². The molecule has 0 saturated heterocycles. The molecule has 0 atom stereocenters. The van der Waals surface area contributed by atoms with Crippen molar-refractivity contribution < 1.29 is 26.7 Å². The van der Waals surface area contributed by atoms with Crippen LogP contribution in [0.15, 0.2) is 53.6 Å². The third kappa shape index (κ3) is 5.11. The van der Waals surface area contributed by atoms with Crippen molar-refractivity contribution in [2.24, 2.45) is 0 Å². The monoisotopic (exact) mass is 422 g/mol. The summed E-state index contributed by atoms with van der Waals surface area (Å²) in [6, 6.07) is 11.4. The molecular weight excluding hydrogens is 402 g/mol. The van der Waals surface area contributed by atoms with Gasteiger partial charge in [-0.2, -0.15) is 0 Å². The highest BCUT2D eigenvalue weighted by molar-refractivity contribution is 7.90. The van der Waals surface area contributed by atoms with E-state index >= 15 is 0 Å². The highest BCUT2D eigenvalue weighted by atomic mass is 32.2. The predicted molar refractivity (Wildman–Crippen MR) is 108 cm³/mol. The summed E-state index contributed by atoms with van der Waals surface area (Å²) in [5.74, 6) is 1.10. The number of fused-ring (bicyclic) bond motifs is 1. The van der Waals surface area contributed by atoms with Crippen LogP contribution in [-0.4, -0.2) is 46.2 Å². The molecule has 0 aliphatic carbocycles. The fourth-order valence-corrected chi connectivity index (χ4v) is 3.36. The second-order valence-corrected chi connectivity index (χ2v) is 8.19. The van der Waals surface area contributed by atoms with Crippen molar-refractivity contribution in [3.05, 3.63) is 48.7 Å². The highest BCUT2D eigenvalue weighted by Crippen LogP contribution is 2.36. The van der Waals surface area contributed by atoms with Crippen molar-refractivity contribution in [2.75, 3.05) is 38.1 Å². The fraction of sp³-hybridized carbons (Fsp3) is 0.250. The van der Waals surface area contributed by atoms with E-state index in [1.54, 1.807) is 36.5 Å². The first-order valence-corrected chi connectivity index (χ1v) is 10.7. The molecule has 0 amide bonds. The number of benzene rings is 2. The van der Waals surface area contributed by atoms with Gasteiger partial charge in [-0.15, -0.1) is 0 Å². The van der Waals surface area contributed by atoms with Gasteiger partial charge in [-0.1, -0.05) is 0 Å². The van der Waals surface area contributed by atoms with E-state index in [0.717, 1.165) is 11.6 Å². The zero-order chi connectivity index (χ0) is 20.9. The van der Waals surface area contributed by atoms with Crippen molar-refractivity contribution in [1.29, 1.82) is 0 Å². The minimum Gasteiger partial charge on any atom is -0.487 e. The fourth-order valence-electron chi connectivity index (χ4n) is 2.72. The number of ether oxygens (including phenoxy) is 2. The summed E-state index contributed by atoms with van der Waals surface area (Å²) >= 11 is 0. The molecule has 1 aromatic heterocycles. The molecule has 0 fully saturated rings. The van der Waals surface area contributed by atoms with Gasteiger partial charge in [0.15, 0.2) is 21.3 Å². The molecule has 154 valence electrons. The lowest BCUT2D eigenvalue weighted by Crippen LogP contribution is -2.05. The number of alkyl halides is 2. The molecule has 0 bridgehead atoms. The Morgan fingerprint density at radius 1 is 0.966 bits per heavy atom. The zero-order valence-corrected chi connectivity index (χ0v) is 16.5. The van der Waals surface area contributed by atoms with E-state index in [2.05, 4.69) is 10.3 Å². The lowest BCUT2D eigenvalue weighted by atomic mass is 10.1. The Bertz CT molecular complexity index is 1090. The number of hydrogen-bond acceptors (Lipinski definition) is 6. The number of halogens is 2. The standard InChI is InChI=1S/C20H20F2N2O4S/c1-29(25,26)16-4-2-15(3-5-16)24-20-17-13-19(28-11-8-22)18(27-10-7-21)12-14(17)6-9-23-20/h2-6,9,12-13H,7-8,10-11H2,1H3,(H,23,24). The normalized spacial score (nSPS) is 11.4. The van der Waals surface area contributed by atoms with Gasteiger partial charge in [0.2, 0.25) is 0 Å². The molecule has 3 rings (SSSR count). The average molecular weight is 422 g/mol. The number of nitrogens with zero attached hydrogens (tertiary/aromatic N) is 1. The van der Waals surface area contributed by atoms with Gasteiger partial charge < -0.3 is 14.8 Å². The smallest absolute Gasteiger partial charge is 0.175 e. The maximum absolute atomic E-state index is 12.6. The Morgan fingerprint density at radius 2 is 1.59 bits per heavy atom. The number of anilines is 2. The molecule has 1 N–H and O–H groups in total. The van der Waals surface area contributed by atoms with E-state index in [1.807, 2.05) is 0 Å². The summed E-state index contributed by atoms with van der Waals surface area (Å²) in [6.07, 6.45) is 2.74. The molecule has 29 heavy (non-hydrogen) atoms. The largest absolute Gasteiger partial charge is 0.487 e. The number of sulfone groups is 1. The van der Waals surface area contributed by atoms with Gasteiger partial charge >= 0.3 is 0 Å². The van der Waals surface area contributed by atoms with Crippen LogP contribution in [-0.2, 0) is 9.84 Å². The van der Waals surface area contributed by atoms with Crippen LogP contribution in [0.5, 0.6) is 11.5 Å². The molecule has 0 aliphatic rings. The van der Waals surface area contributed by atoms with Crippen molar-refractivity contribution >= 4 is 32.1 Å². The summed E-state index contributed by atoms with van der Waals surface area (Å²) in [5, 5.41) is 4.58. The second-order valence-electron chi connectivity index (χ2n) is 6.18. The van der Waals surface area contributed by atoms with Gasteiger partial charge in [-0.05, 0) is 47.9 Å². The Morgan fingerprint density at radius 3 is 2.17 bits per heavy atom. The number of pyridine rings is 1. The first kappa shape index (κ1) is 20.8. The first-order valence-electron chi connectivity index (χ1n) is 8.80. The Labute approximate surface area is 167 Å². The molecule has 3 aromatic rings. The number of hydrogen-bond donors (Lipinski definition) is 1. The van der Waals surface area contributed by atoms with Crippen LogP contribution in [0.3, 0.4) is 0 Å². The van der Waals surface area contributed by atoms with Gasteiger partial charge in [0.1, 0.15) is 32.4 Å². The van der Waals surface area contributed by atoms with Crippen LogP contribution in [0.1, 0.15) is 0 Å². The summed E-state index contributed by atoms with van der Waals surface area (Å²) in [5.41, 5.74) is 0.640. The van der Waals surface area contributed by atoms with Crippen LogP contribution in [0.2, 0.25) is 0 Å². The van der Waals surface area contributed by atoms with Crippen molar-refractivity contribution in [3.8, 4) is 11.5 Å². The SMILES string of the molecule is CS(=O)(=O)c1ccc(Nc2nccc3cc(OCCF)c(OCCF)cc23)cc1. The van der Waals surface area contributed by atoms with Gasteiger partial charge in [-0.3, -0.25) is 0 Å². The summed E-state index contributed by atoms with van der Waals surface area (Å²) < 4.78 is 59.0. The number of nitrogens with one attached hydrogen (secondary N) is 1. The predicted octanol–water partition coefficient (Wildman–Crippen LogP) is 4.08.